The smallest absolute Gasteiger partial charge is 0.174 e. The topological polar surface area (TPSA) is 60.2 Å². The van der Waals surface area contributed by atoms with Crippen LogP contribution in [0.2, 0.25) is 5.02 Å². The van der Waals surface area contributed by atoms with Crippen LogP contribution in [0.5, 0.6) is 0 Å². The van der Waals surface area contributed by atoms with E-state index in [1.807, 2.05) is 19.1 Å². The first kappa shape index (κ1) is 14.8. The quantitative estimate of drug-likeness (QED) is 0.737. The normalized spacial score (nSPS) is 11.0. The molecule has 3 rings (SSSR count). The molecule has 1 heterocycles. The van der Waals surface area contributed by atoms with Crippen molar-refractivity contribution < 1.29 is 12.9 Å². The highest BCUT2D eigenvalue weighted by molar-refractivity contribution is 7.72. The molecule has 0 spiro atoms. The Morgan fingerprint density at radius 3 is 2.14 bits per heavy atom. The van der Waals surface area contributed by atoms with Crippen molar-refractivity contribution >= 4 is 22.3 Å². The minimum atomic E-state index is -2.58. The number of aromatic nitrogens is 1. The maximum Gasteiger partial charge on any atom is 0.174 e. The molecule has 0 saturated heterocycles. The van der Waals surface area contributed by atoms with Crippen LogP contribution in [0.1, 0.15) is 5.69 Å². The maximum atomic E-state index is 11.0. The van der Waals surface area contributed by atoms with Gasteiger partial charge in [0.2, 0.25) is 0 Å². The van der Waals surface area contributed by atoms with Crippen LogP contribution in [0, 0.1) is 6.92 Å². The fraction of sp³-hybridized carbons (Fsp3) is 0.0625. The van der Waals surface area contributed by atoms with Crippen molar-refractivity contribution in [2.75, 3.05) is 0 Å². The summed E-state index contributed by atoms with van der Waals surface area (Å²) in [4.78, 5) is 0.279. The van der Waals surface area contributed by atoms with Crippen LogP contribution >= 0.6 is 11.6 Å². The van der Waals surface area contributed by atoms with Gasteiger partial charge in [-0.1, -0.05) is 28.9 Å². The SMILES string of the molecule is Cc1noc(-c2ccc(Cl)cc2)c1-c1ccc([SH](=O)=O)cc1. The van der Waals surface area contributed by atoms with Crippen LogP contribution in [0.4, 0.5) is 0 Å². The van der Waals surface area contributed by atoms with E-state index in [1.54, 1.807) is 36.4 Å². The molecule has 0 N–H and O–H groups in total. The standard InChI is InChI=1S/C16H12ClNO3S/c1-10-15(11-4-8-14(9-5-11)22(19)20)16(21-18-10)12-2-6-13(17)7-3-12/h2-9,22H,1H3. The first-order valence-electron chi connectivity index (χ1n) is 6.53. The van der Waals surface area contributed by atoms with Crippen molar-refractivity contribution in [3.05, 3.63) is 59.2 Å². The fourth-order valence-electron chi connectivity index (χ4n) is 2.26. The molecule has 22 heavy (non-hydrogen) atoms. The van der Waals surface area contributed by atoms with E-state index in [2.05, 4.69) is 5.16 Å². The van der Waals surface area contributed by atoms with Crippen LogP contribution in [-0.4, -0.2) is 13.6 Å². The molecular formula is C16H12ClNO3S. The number of hydrogen-bond donors (Lipinski definition) is 1. The Labute approximate surface area is 134 Å². The van der Waals surface area contributed by atoms with E-state index in [4.69, 9.17) is 16.1 Å². The molecule has 0 radical (unpaired) electrons. The van der Waals surface area contributed by atoms with Gasteiger partial charge < -0.3 is 4.52 Å². The van der Waals surface area contributed by atoms with E-state index in [0.717, 1.165) is 22.4 Å². The van der Waals surface area contributed by atoms with Gasteiger partial charge in [-0.25, -0.2) is 8.42 Å². The largest absolute Gasteiger partial charge is 0.355 e. The minimum Gasteiger partial charge on any atom is -0.355 e. The predicted molar refractivity (Wildman–Crippen MR) is 85.7 cm³/mol. The van der Waals surface area contributed by atoms with Crippen molar-refractivity contribution in [2.45, 2.75) is 11.8 Å². The molecule has 0 fully saturated rings. The van der Waals surface area contributed by atoms with Gasteiger partial charge in [0.25, 0.3) is 0 Å². The van der Waals surface area contributed by atoms with Gasteiger partial charge >= 0.3 is 0 Å². The summed E-state index contributed by atoms with van der Waals surface area (Å²) < 4.78 is 27.4. The van der Waals surface area contributed by atoms with Gasteiger partial charge in [-0.05, 0) is 48.9 Å². The molecule has 0 saturated carbocycles. The highest BCUT2D eigenvalue weighted by Gasteiger charge is 2.16. The van der Waals surface area contributed by atoms with E-state index in [0.29, 0.717) is 10.8 Å². The molecule has 0 bridgehead atoms. The lowest BCUT2D eigenvalue weighted by molar-refractivity contribution is 0.427. The van der Waals surface area contributed by atoms with Gasteiger partial charge in [0.1, 0.15) is 0 Å². The third-order valence-electron chi connectivity index (χ3n) is 3.34. The van der Waals surface area contributed by atoms with E-state index >= 15 is 0 Å². The van der Waals surface area contributed by atoms with Crippen molar-refractivity contribution in [3.63, 3.8) is 0 Å². The lowest BCUT2D eigenvalue weighted by Crippen LogP contribution is -1.85. The summed E-state index contributed by atoms with van der Waals surface area (Å²) in [7, 11) is -2.58. The summed E-state index contributed by atoms with van der Waals surface area (Å²) >= 11 is 5.90. The molecule has 112 valence electrons. The molecular weight excluding hydrogens is 322 g/mol. The third kappa shape index (κ3) is 2.77. The summed E-state index contributed by atoms with van der Waals surface area (Å²) in [5.74, 6) is 0.633. The van der Waals surface area contributed by atoms with Gasteiger partial charge in [-0.15, -0.1) is 0 Å². The summed E-state index contributed by atoms with van der Waals surface area (Å²) in [6.07, 6.45) is 0. The second-order valence-corrected chi connectivity index (χ2v) is 6.25. The summed E-state index contributed by atoms with van der Waals surface area (Å²) in [5.41, 5.74) is 3.29. The second kappa shape index (κ2) is 5.94. The van der Waals surface area contributed by atoms with Crippen molar-refractivity contribution in [1.29, 1.82) is 0 Å². The Morgan fingerprint density at radius 2 is 1.55 bits per heavy atom. The zero-order chi connectivity index (χ0) is 15.7. The Kier molecular flexibility index (Phi) is 4.00. The number of rotatable bonds is 3. The summed E-state index contributed by atoms with van der Waals surface area (Å²) in [6, 6.07) is 13.9. The molecule has 0 atom stereocenters. The first-order chi connectivity index (χ1) is 10.6. The Balaban J connectivity index is 2.11. The minimum absolute atomic E-state index is 0.279. The highest BCUT2D eigenvalue weighted by atomic mass is 35.5. The average Bonchev–Trinajstić information content (AvgIpc) is 2.90. The number of halogens is 1. The zero-order valence-corrected chi connectivity index (χ0v) is 13.3. The number of aryl methyl sites for hydroxylation is 1. The lowest BCUT2D eigenvalue weighted by Gasteiger charge is -2.04. The lowest BCUT2D eigenvalue weighted by atomic mass is 10.00. The maximum absolute atomic E-state index is 11.0. The zero-order valence-electron chi connectivity index (χ0n) is 11.6. The summed E-state index contributed by atoms with van der Waals surface area (Å²) in [6.45, 7) is 1.85. The molecule has 1 aromatic heterocycles. The molecule has 2 aromatic carbocycles. The second-order valence-electron chi connectivity index (χ2n) is 4.78. The number of thiol groups is 1. The number of hydrogen-bond acceptors (Lipinski definition) is 4. The van der Waals surface area contributed by atoms with Gasteiger partial charge in [0.15, 0.2) is 16.5 Å². The van der Waals surface area contributed by atoms with E-state index in [1.165, 1.54) is 0 Å². The molecule has 0 unspecified atom stereocenters. The van der Waals surface area contributed by atoms with Crippen LogP contribution in [0.25, 0.3) is 22.5 Å². The van der Waals surface area contributed by atoms with Crippen LogP contribution < -0.4 is 0 Å². The van der Waals surface area contributed by atoms with Gasteiger partial charge in [0.05, 0.1) is 16.2 Å². The number of benzene rings is 2. The molecule has 0 aliphatic heterocycles. The molecule has 0 aliphatic rings. The molecule has 4 nitrogen and oxygen atoms in total. The monoisotopic (exact) mass is 333 g/mol. The first-order valence-corrected chi connectivity index (χ1v) is 8.09. The fourth-order valence-corrected chi connectivity index (χ4v) is 2.78. The predicted octanol–water partition coefficient (Wildman–Crippen LogP) is 3.94. The Bertz CT molecular complexity index is 873. The molecule has 3 aromatic rings. The number of nitrogens with zero attached hydrogens (tertiary/aromatic N) is 1. The van der Waals surface area contributed by atoms with E-state index < -0.39 is 10.7 Å². The molecule has 0 aliphatic carbocycles. The van der Waals surface area contributed by atoms with Crippen molar-refractivity contribution in [1.82, 2.24) is 5.16 Å². The van der Waals surface area contributed by atoms with Gasteiger partial charge in [-0.2, -0.15) is 0 Å². The average molecular weight is 334 g/mol. The summed E-state index contributed by atoms with van der Waals surface area (Å²) in [5, 5.41) is 4.67. The van der Waals surface area contributed by atoms with Crippen molar-refractivity contribution in [3.8, 4) is 22.5 Å². The van der Waals surface area contributed by atoms with E-state index in [9.17, 15) is 8.42 Å². The Hall–Kier alpha value is -2.11. The molecule has 6 heteroatoms. The third-order valence-corrected chi connectivity index (χ3v) is 4.31. The highest BCUT2D eigenvalue weighted by Crippen LogP contribution is 2.35. The van der Waals surface area contributed by atoms with Gasteiger partial charge in [-0.3, -0.25) is 0 Å². The van der Waals surface area contributed by atoms with Crippen molar-refractivity contribution in [2.24, 2.45) is 0 Å². The molecule has 0 amide bonds. The van der Waals surface area contributed by atoms with E-state index in [-0.39, 0.29) is 4.90 Å². The Morgan fingerprint density at radius 1 is 0.955 bits per heavy atom. The van der Waals surface area contributed by atoms with Crippen LogP contribution in [0.3, 0.4) is 0 Å². The van der Waals surface area contributed by atoms with Crippen LogP contribution in [0.15, 0.2) is 57.9 Å². The van der Waals surface area contributed by atoms with Gasteiger partial charge in [0, 0.05) is 10.6 Å². The van der Waals surface area contributed by atoms with Crippen LogP contribution in [-0.2, 0) is 10.7 Å².